The molecule has 2 aromatic rings. The van der Waals surface area contributed by atoms with Gasteiger partial charge < -0.3 is 19.7 Å². The first-order chi connectivity index (χ1) is 11.8. The number of thiazole rings is 1. The van der Waals surface area contributed by atoms with Crippen LogP contribution in [0.2, 0.25) is 0 Å². The standard InChI is InChI=1S/C16H19N3O3S2/c20-15(12-8-24-14(18-12)13-2-1-7-23-13)19-4-6-22-16(10-19)9-17-3-5-21-11-16/h1-2,7-8,17H,3-6,9-11H2/t16-/m1/s1. The zero-order valence-electron chi connectivity index (χ0n) is 13.2. The molecule has 4 heterocycles. The molecule has 0 bridgehead atoms. The highest BCUT2D eigenvalue weighted by Gasteiger charge is 2.40. The zero-order chi connectivity index (χ0) is 16.4. The van der Waals surface area contributed by atoms with Crippen molar-refractivity contribution in [2.45, 2.75) is 5.60 Å². The van der Waals surface area contributed by atoms with E-state index in [-0.39, 0.29) is 5.91 Å². The maximum Gasteiger partial charge on any atom is 0.273 e. The predicted molar refractivity (Wildman–Crippen MR) is 93.7 cm³/mol. The number of morpholine rings is 1. The molecule has 1 atom stereocenters. The van der Waals surface area contributed by atoms with Gasteiger partial charge in [-0.15, -0.1) is 22.7 Å². The van der Waals surface area contributed by atoms with Crippen molar-refractivity contribution in [3.8, 4) is 9.88 Å². The Kier molecular flexibility index (Phi) is 4.64. The van der Waals surface area contributed by atoms with Crippen LogP contribution in [0.25, 0.3) is 9.88 Å². The normalized spacial score (nSPS) is 24.9. The quantitative estimate of drug-likeness (QED) is 0.878. The molecule has 2 fully saturated rings. The van der Waals surface area contributed by atoms with Gasteiger partial charge in [-0.3, -0.25) is 4.79 Å². The van der Waals surface area contributed by atoms with Crippen molar-refractivity contribution in [3.05, 3.63) is 28.6 Å². The number of rotatable bonds is 2. The fraction of sp³-hybridized carbons (Fsp3) is 0.500. The highest BCUT2D eigenvalue weighted by atomic mass is 32.1. The third-order valence-corrected chi connectivity index (χ3v) is 6.11. The Labute approximate surface area is 148 Å². The summed E-state index contributed by atoms with van der Waals surface area (Å²) in [6.07, 6.45) is 0. The van der Waals surface area contributed by atoms with E-state index in [0.29, 0.717) is 45.1 Å². The molecule has 4 rings (SSSR count). The van der Waals surface area contributed by atoms with E-state index in [0.717, 1.165) is 16.4 Å². The van der Waals surface area contributed by atoms with Gasteiger partial charge in [0.25, 0.3) is 5.91 Å². The maximum absolute atomic E-state index is 12.9. The van der Waals surface area contributed by atoms with Gasteiger partial charge in [0.05, 0.1) is 31.2 Å². The first-order valence-electron chi connectivity index (χ1n) is 7.97. The SMILES string of the molecule is O=C(c1csc(-c2cccs2)n1)N1CCO[C@]2(CNCCOC2)C1. The fourth-order valence-electron chi connectivity index (χ4n) is 3.03. The molecule has 128 valence electrons. The van der Waals surface area contributed by atoms with Crippen molar-refractivity contribution in [1.29, 1.82) is 0 Å². The van der Waals surface area contributed by atoms with Gasteiger partial charge in [0, 0.05) is 25.0 Å². The Bertz CT molecular complexity index is 693. The molecule has 24 heavy (non-hydrogen) atoms. The number of carbonyl (C=O) groups is 1. The second kappa shape index (κ2) is 6.89. The number of ether oxygens (including phenoxy) is 2. The minimum absolute atomic E-state index is 0.0269. The zero-order valence-corrected chi connectivity index (χ0v) is 14.8. The van der Waals surface area contributed by atoms with E-state index in [9.17, 15) is 4.79 Å². The summed E-state index contributed by atoms with van der Waals surface area (Å²) >= 11 is 3.15. The lowest BCUT2D eigenvalue weighted by atomic mass is 10.0. The topological polar surface area (TPSA) is 63.7 Å². The van der Waals surface area contributed by atoms with E-state index < -0.39 is 5.60 Å². The van der Waals surface area contributed by atoms with Crippen LogP contribution in [0.5, 0.6) is 0 Å². The molecule has 2 aromatic heterocycles. The van der Waals surface area contributed by atoms with Gasteiger partial charge in [-0.25, -0.2) is 4.98 Å². The van der Waals surface area contributed by atoms with Crippen molar-refractivity contribution < 1.29 is 14.3 Å². The summed E-state index contributed by atoms with van der Waals surface area (Å²) in [4.78, 5) is 20.3. The number of thiophene rings is 1. The van der Waals surface area contributed by atoms with E-state index in [1.165, 1.54) is 11.3 Å². The van der Waals surface area contributed by atoms with Crippen molar-refractivity contribution in [3.63, 3.8) is 0 Å². The minimum atomic E-state index is -0.447. The van der Waals surface area contributed by atoms with Crippen LogP contribution in [-0.2, 0) is 9.47 Å². The van der Waals surface area contributed by atoms with Crippen molar-refractivity contribution in [2.75, 3.05) is 46.0 Å². The van der Waals surface area contributed by atoms with Crippen LogP contribution in [0.15, 0.2) is 22.9 Å². The van der Waals surface area contributed by atoms with Gasteiger partial charge in [0.1, 0.15) is 16.3 Å². The number of carbonyl (C=O) groups excluding carboxylic acids is 1. The monoisotopic (exact) mass is 365 g/mol. The summed E-state index contributed by atoms with van der Waals surface area (Å²) < 4.78 is 11.6. The Morgan fingerprint density at radius 3 is 3.21 bits per heavy atom. The summed E-state index contributed by atoms with van der Waals surface area (Å²) in [5.74, 6) is -0.0269. The molecule has 8 heteroatoms. The van der Waals surface area contributed by atoms with Crippen LogP contribution < -0.4 is 5.32 Å². The molecular formula is C16H19N3O3S2. The van der Waals surface area contributed by atoms with Gasteiger partial charge in [0.15, 0.2) is 0 Å². The molecule has 0 aliphatic carbocycles. The van der Waals surface area contributed by atoms with Crippen LogP contribution in [-0.4, -0.2) is 67.4 Å². The average molecular weight is 365 g/mol. The summed E-state index contributed by atoms with van der Waals surface area (Å²) in [7, 11) is 0. The number of aromatic nitrogens is 1. The molecule has 0 saturated carbocycles. The number of hydrogen-bond acceptors (Lipinski definition) is 7. The third kappa shape index (κ3) is 3.25. The van der Waals surface area contributed by atoms with Crippen LogP contribution in [0.1, 0.15) is 10.5 Å². The molecule has 1 amide bonds. The predicted octanol–water partition coefficient (Wildman–Crippen LogP) is 1.70. The summed E-state index contributed by atoms with van der Waals surface area (Å²) in [5.41, 5.74) is 0.0692. The summed E-state index contributed by atoms with van der Waals surface area (Å²) in [6, 6.07) is 4.02. The van der Waals surface area contributed by atoms with E-state index in [1.807, 2.05) is 27.8 Å². The molecule has 6 nitrogen and oxygen atoms in total. The largest absolute Gasteiger partial charge is 0.377 e. The molecule has 2 saturated heterocycles. The second-order valence-electron chi connectivity index (χ2n) is 6.00. The molecular weight excluding hydrogens is 346 g/mol. The summed E-state index contributed by atoms with van der Waals surface area (Å²) in [6.45, 7) is 4.36. The van der Waals surface area contributed by atoms with Crippen LogP contribution >= 0.6 is 22.7 Å². The maximum atomic E-state index is 12.9. The first-order valence-corrected chi connectivity index (χ1v) is 9.73. The molecule has 1 N–H and O–H groups in total. The Balaban J connectivity index is 1.49. The van der Waals surface area contributed by atoms with Gasteiger partial charge in [0.2, 0.25) is 0 Å². The number of amides is 1. The van der Waals surface area contributed by atoms with Gasteiger partial charge in [-0.05, 0) is 11.4 Å². The highest BCUT2D eigenvalue weighted by Crippen LogP contribution is 2.29. The van der Waals surface area contributed by atoms with Crippen LogP contribution in [0, 0.1) is 0 Å². The van der Waals surface area contributed by atoms with Gasteiger partial charge in [-0.1, -0.05) is 6.07 Å². The minimum Gasteiger partial charge on any atom is -0.377 e. The third-order valence-electron chi connectivity index (χ3n) is 4.23. The average Bonchev–Trinajstić information content (AvgIpc) is 3.25. The fourth-order valence-corrected chi connectivity index (χ4v) is 4.64. The summed E-state index contributed by atoms with van der Waals surface area (Å²) in [5, 5.41) is 8.09. The Morgan fingerprint density at radius 2 is 2.33 bits per heavy atom. The molecule has 2 aliphatic heterocycles. The van der Waals surface area contributed by atoms with Crippen LogP contribution in [0.3, 0.4) is 0 Å². The molecule has 2 aliphatic rings. The smallest absolute Gasteiger partial charge is 0.273 e. The van der Waals surface area contributed by atoms with Crippen LogP contribution in [0.4, 0.5) is 0 Å². The van der Waals surface area contributed by atoms with Gasteiger partial charge in [-0.2, -0.15) is 0 Å². The van der Waals surface area contributed by atoms with E-state index in [2.05, 4.69) is 10.3 Å². The lowest BCUT2D eigenvalue weighted by Gasteiger charge is -2.41. The van der Waals surface area contributed by atoms with Crippen molar-refractivity contribution >= 4 is 28.6 Å². The molecule has 1 spiro atoms. The number of nitrogens with one attached hydrogen (secondary N) is 1. The molecule has 0 radical (unpaired) electrons. The van der Waals surface area contributed by atoms with Crippen molar-refractivity contribution in [2.24, 2.45) is 0 Å². The van der Waals surface area contributed by atoms with E-state index >= 15 is 0 Å². The lowest BCUT2D eigenvalue weighted by Crippen LogP contribution is -2.59. The Hall–Kier alpha value is -1.32. The molecule has 0 unspecified atom stereocenters. The lowest BCUT2D eigenvalue weighted by molar-refractivity contribution is -0.125. The first kappa shape index (κ1) is 16.2. The molecule has 0 aromatic carbocycles. The van der Waals surface area contributed by atoms with E-state index in [1.54, 1.807) is 11.3 Å². The van der Waals surface area contributed by atoms with Crippen molar-refractivity contribution in [1.82, 2.24) is 15.2 Å². The second-order valence-corrected chi connectivity index (χ2v) is 7.81. The number of nitrogens with zero attached hydrogens (tertiary/aromatic N) is 2. The van der Waals surface area contributed by atoms with E-state index in [4.69, 9.17) is 9.47 Å². The highest BCUT2D eigenvalue weighted by molar-refractivity contribution is 7.20. The number of hydrogen-bond donors (Lipinski definition) is 1. The Morgan fingerprint density at radius 1 is 1.38 bits per heavy atom. The van der Waals surface area contributed by atoms with Gasteiger partial charge >= 0.3 is 0 Å².